The molecule has 1 fully saturated rings. The summed E-state index contributed by atoms with van der Waals surface area (Å²) in [7, 11) is 0. The van der Waals surface area contributed by atoms with E-state index in [2.05, 4.69) is 49.5 Å². The van der Waals surface area contributed by atoms with E-state index in [1.54, 1.807) is 30.3 Å². The number of amides is 8. The molecule has 22 heteroatoms. The molecule has 1 aromatic carbocycles. The molecule has 75 heavy (non-hydrogen) atoms. The molecule has 1 saturated heterocycles. The van der Waals surface area contributed by atoms with Crippen LogP contribution in [0.25, 0.3) is 0 Å². The Morgan fingerprint density at radius 1 is 0.600 bits per heavy atom. The molecule has 1 aliphatic heterocycles. The van der Waals surface area contributed by atoms with Crippen LogP contribution in [-0.4, -0.2) is 139 Å². The summed E-state index contributed by atoms with van der Waals surface area (Å²) in [5, 5.41) is 32.4. The molecule has 0 bridgehead atoms. The van der Waals surface area contributed by atoms with Gasteiger partial charge in [-0.2, -0.15) is 0 Å². The minimum Gasteiger partial charge on any atom is -0.393 e. The minimum atomic E-state index is -1.39. The maximum atomic E-state index is 14.4. The van der Waals surface area contributed by atoms with E-state index in [0.717, 1.165) is 32.1 Å². The molecule has 0 aromatic heterocycles. The van der Waals surface area contributed by atoms with Crippen molar-refractivity contribution in [2.75, 3.05) is 26.2 Å². The predicted octanol–water partition coefficient (Wildman–Crippen LogP) is -0.151. The maximum absolute atomic E-state index is 14.4. The molecule has 1 aliphatic rings. The van der Waals surface area contributed by atoms with Crippen molar-refractivity contribution in [2.45, 2.75) is 205 Å². The summed E-state index contributed by atoms with van der Waals surface area (Å²) in [6, 6.07) is -1.18. The van der Waals surface area contributed by atoms with Crippen molar-refractivity contribution in [1.29, 1.82) is 0 Å². The summed E-state index contributed by atoms with van der Waals surface area (Å²) in [5.74, 6) is -6.54. The van der Waals surface area contributed by atoms with Crippen LogP contribution >= 0.6 is 0 Å². The summed E-state index contributed by atoms with van der Waals surface area (Å²) in [6.07, 6.45) is 4.22. The predicted molar refractivity (Wildman–Crippen MR) is 287 cm³/mol. The molecule has 0 spiro atoms. The number of nitrogens with two attached hydrogens (primary N) is 4. The molecule has 1 aromatic rings. The second-order valence-electron chi connectivity index (χ2n) is 20.6. The first kappa shape index (κ1) is 65.6. The number of carbonyl (C=O) groups is 9. The third-order valence-electron chi connectivity index (χ3n) is 12.9. The number of ketones is 1. The second kappa shape index (κ2) is 36.4. The number of hydrogen-bond acceptors (Lipinski definition) is 14. The highest BCUT2D eigenvalue weighted by atomic mass is 16.3. The molecule has 22 nitrogen and oxygen atoms in total. The van der Waals surface area contributed by atoms with E-state index in [9.17, 15) is 48.3 Å². The Morgan fingerprint density at radius 3 is 1.61 bits per heavy atom. The van der Waals surface area contributed by atoms with E-state index in [-0.39, 0.29) is 109 Å². The molecule has 17 N–H and O–H groups in total. The van der Waals surface area contributed by atoms with Crippen LogP contribution in [0.5, 0.6) is 0 Å². The molecule has 0 saturated carbocycles. The normalized spacial score (nSPS) is 23.0. The van der Waals surface area contributed by atoms with Crippen molar-refractivity contribution in [1.82, 2.24) is 42.5 Å². The Balaban J connectivity index is 2.68. The number of benzene rings is 1. The van der Waals surface area contributed by atoms with Gasteiger partial charge in [0.1, 0.15) is 42.3 Å². The van der Waals surface area contributed by atoms with E-state index >= 15 is 0 Å². The number of hydrogen-bond donors (Lipinski definition) is 13. The lowest BCUT2D eigenvalue weighted by atomic mass is 9.95. The van der Waals surface area contributed by atoms with Crippen molar-refractivity contribution < 1.29 is 48.3 Å². The van der Waals surface area contributed by atoms with Crippen molar-refractivity contribution in [3.05, 3.63) is 35.9 Å². The fourth-order valence-corrected chi connectivity index (χ4v) is 8.78. The number of aliphatic hydroxyl groups is 1. The topological polar surface area (TPSA) is 374 Å². The number of carbonyl (C=O) groups excluding carboxylic acids is 9. The van der Waals surface area contributed by atoms with Crippen molar-refractivity contribution >= 4 is 53.0 Å². The van der Waals surface area contributed by atoms with Crippen molar-refractivity contribution in [3.8, 4) is 0 Å². The Hall–Kier alpha value is -5.55. The Labute approximate surface area is 444 Å². The molecule has 0 radical (unpaired) electrons. The first-order valence-electron chi connectivity index (χ1n) is 27.2. The average Bonchev–Trinajstić information content (AvgIpc) is 3.35. The van der Waals surface area contributed by atoms with Crippen LogP contribution < -0.4 is 65.5 Å². The van der Waals surface area contributed by atoms with E-state index in [0.29, 0.717) is 18.4 Å². The molecule has 0 aliphatic carbocycles. The third kappa shape index (κ3) is 25.7. The highest BCUT2D eigenvalue weighted by Crippen LogP contribution is 2.15. The quantitative estimate of drug-likeness (QED) is 0.0537. The molecular formula is C53H92N12O10. The zero-order chi connectivity index (χ0) is 55.9. The summed E-state index contributed by atoms with van der Waals surface area (Å²) >= 11 is 0. The largest absolute Gasteiger partial charge is 0.393 e. The van der Waals surface area contributed by atoms with Crippen molar-refractivity contribution in [2.24, 2.45) is 34.8 Å². The lowest BCUT2D eigenvalue weighted by Gasteiger charge is -2.28. The zero-order valence-corrected chi connectivity index (χ0v) is 45.2. The minimum absolute atomic E-state index is 0.00387. The van der Waals surface area contributed by atoms with Gasteiger partial charge in [-0.15, -0.1) is 0 Å². The van der Waals surface area contributed by atoms with Gasteiger partial charge >= 0.3 is 0 Å². The third-order valence-corrected chi connectivity index (χ3v) is 12.9. The number of Topliss-reactive ketones (excluding diaryl/α,β-unsaturated/α-hetero) is 1. The molecule has 424 valence electrons. The molecular weight excluding hydrogens is 965 g/mol. The van der Waals surface area contributed by atoms with Gasteiger partial charge in [0.2, 0.25) is 47.3 Å². The Bertz CT molecular complexity index is 1940. The van der Waals surface area contributed by atoms with Crippen LogP contribution in [0, 0.1) is 11.8 Å². The molecule has 1 heterocycles. The highest BCUT2D eigenvalue weighted by Gasteiger charge is 2.35. The van der Waals surface area contributed by atoms with Gasteiger partial charge in [-0.3, -0.25) is 43.2 Å². The standard InChI is InChI=1S/C53H92N12O10/c1-6-7-8-9-13-18-36(66)32-46(68)58-37(20-15-25-54)47(69)59-38-19-14-21-45(67)42(29-33(2)3)63-50(72)40(23-27-56)61-49(71)39(22-26-55)62-53(75)44(31-35-16-11-10-12-17-35)65-52(74)43(30-34(4)5)64-51(73)41(24-28-57)60-48(38)70/h10-12,16-17,33-34,36-44,66H,6-9,13-15,18-32,54-57H2,1-5H3,(H,58,68)(H,59,69)(H,60,70)(H,61,71)(H,62,75)(H,63,72)(H,64,73)(H,65,74)/t36-,37-,38+,39+,40+,41+,42+,43-,44+/m1/s1. The summed E-state index contributed by atoms with van der Waals surface area (Å²) < 4.78 is 0. The Morgan fingerprint density at radius 2 is 1.08 bits per heavy atom. The fourth-order valence-electron chi connectivity index (χ4n) is 8.78. The lowest BCUT2D eigenvalue weighted by molar-refractivity contribution is -0.136. The van der Waals surface area contributed by atoms with E-state index in [1.165, 1.54) is 0 Å². The van der Waals surface area contributed by atoms with Gasteiger partial charge in [0.25, 0.3) is 0 Å². The second-order valence-corrected chi connectivity index (χ2v) is 20.6. The van der Waals surface area contributed by atoms with E-state index in [4.69, 9.17) is 22.9 Å². The summed E-state index contributed by atoms with van der Waals surface area (Å²) in [6.45, 7) is 9.49. The lowest BCUT2D eigenvalue weighted by Crippen LogP contribution is -2.61. The van der Waals surface area contributed by atoms with Gasteiger partial charge in [-0.1, -0.05) is 97.1 Å². The molecule has 9 atom stereocenters. The van der Waals surface area contributed by atoms with Gasteiger partial charge in [0, 0.05) is 12.8 Å². The summed E-state index contributed by atoms with van der Waals surface area (Å²) in [5.41, 5.74) is 24.3. The van der Waals surface area contributed by atoms with Gasteiger partial charge in [-0.05, 0) is 108 Å². The van der Waals surface area contributed by atoms with E-state index < -0.39 is 107 Å². The number of rotatable bonds is 26. The molecule has 8 amide bonds. The number of aliphatic hydroxyl groups excluding tert-OH is 1. The van der Waals surface area contributed by atoms with Crippen LogP contribution in [-0.2, 0) is 49.6 Å². The SMILES string of the molecule is CCCCCCC[C@@H](O)CC(=O)N[C@H](CCCN)C(=O)N[C@H]1CCCC(=O)[C@H](CC(C)C)NC(=O)[C@H](CCN)NC(=O)[C@H](CCN)NC(=O)[C@H](Cc2ccccc2)NC(=O)[C@@H](CC(C)C)NC(=O)[C@H](CCN)NC1=O. The van der Waals surface area contributed by atoms with Gasteiger partial charge in [0.05, 0.1) is 18.6 Å². The van der Waals surface area contributed by atoms with Crippen LogP contribution in [0.1, 0.15) is 149 Å². The smallest absolute Gasteiger partial charge is 0.243 e. The van der Waals surface area contributed by atoms with Gasteiger partial charge in [-0.25, -0.2) is 0 Å². The maximum Gasteiger partial charge on any atom is 0.243 e. The first-order valence-corrected chi connectivity index (χ1v) is 27.2. The number of unbranched alkanes of at least 4 members (excludes halogenated alkanes) is 4. The van der Waals surface area contributed by atoms with Crippen LogP contribution in [0.15, 0.2) is 30.3 Å². The monoisotopic (exact) mass is 1060 g/mol. The highest BCUT2D eigenvalue weighted by molar-refractivity contribution is 5.98. The molecule has 2 rings (SSSR count). The number of nitrogens with one attached hydrogen (secondary N) is 8. The average molecular weight is 1060 g/mol. The van der Waals surface area contributed by atoms with Crippen LogP contribution in [0.3, 0.4) is 0 Å². The van der Waals surface area contributed by atoms with Crippen molar-refractivity contribution in [3.63, 3.8) is 0 Å². The first-order chi connectivity index (χ1) is 35.8. The fraction of sp³-hybridized carbons (Fsp3) is 0.717. The van der Waals surface area contributed by atoms with E-state index in [1.807, 2.05) is 27.7 Å². The zero-order valence-electron chi connectivity index (χ0n) is 45.2. The van der Waals surface area contributed by atoms with Crippen LogP contribution in [0.4, 0.5) is 0 Å². The summed E-state index contributed by atoms with van der Waals surface area (Å²) in [4.78, 5) is 127. The molecule has 0 unspecified atom stereocenters. The van der Waals surface area contributed by atoms with Gasteiger partial charge in [0.15, 0.2) is 5.78 Å². The Kier molecular flexibility index (Phi) is 31.9. The van der Waals surface area contributed by atoms with Crippen LogP contribution in [0.2, 0.25) is 0 Å². The van der Waals surface area contributed by atoms with Gasteiger partial charge < -0.3 is 70.6 Å².